The van der Waals surface area contributed by atoms with Gasteiger partial charge in [0.05, 0.1) is 6.10 Å². The number of carbonyl (C=O) groups is 1. The lowest BCUT2D eigenvalue weighted by Gasteiger charge is -2.21. The molecule has 3 atom stereocenters. The molecule has 0 aromatic heterocycles. The lowest BCUT2D eigenvalue weighted by molar-refractivity contribution is -0.132. The molecular weight excluding hydrogens is 274 g/mol. The molecule has 2 saturated carbocycles. The van der Waals surface area contributed by atoms with Crippen molar-refractivity contribution >= 4 is 5.91 Å². The van der Waals surface area contributed by atoms with E-state index in [9.17, 15) is 9.90 Å². The van der Waals surface area contributed by atoms with Gasteiger partial charge >= 0.3 is 0 Å². The second-order valence-electron chi connectivity index (χ2n) is 7.39. The van der Waals surface area contributed by atoms with Gasteiger partial charge < -0.3 is 10.0 Å². The summed E-state index contributed by atoms with van der Waals surface area (Å²) in [7, 11) is 1.82. The highest BCUT2D eigenvalue weighted by molar-refractivity contribution is 5.82. The van der Waals surface area contributed by atoms with Crippen LogP contribution in [0.2, 0.25) is 0 Å². The quantitative estimate of drug-likeness (QED) is 0.877. The Kier molecular flexibility index (Phi) is 4.26. The van der Waals surface area contributed by atoms with Crippen LogP contribution in [0.25, 0.3) is 0 Å². The van der Waals surface area contributed by atoms with Gasteiger partial charge in [0.2, 0.25) is 5.91 Å². The van der Waals surface area contributed by atoms with Crippen LogP contribution in [0.1, 0.15) is 56.1 Å². The summed E-state index contributed by atoms with van der Waals surface area (Å²) in [6.07, 6.45) is 2.83. The van der Waals surface area contributed by atoms with E-state index < -0.39 is 0 Å². The van der Waals surface area contributed by atoms with E-state index >= 15 is 0 Å². The largest absolute Gasteiger partial charge is 0.391 e. The smallest absolute Gasteiger partial charge is 0.226 e. The van der Waals surface area contributed by atoms with Gasteiger partial charge in [-0.15, -0.1) is 0 Å². The van der Waals surface area contributed by atoms with Gasteiger partial charge in [-0.3, -0.25) is 4.79 Å². The van der Waals surface area contributed by atoms with Crippen LogP contribution >= 0.6 is 0 Å². The van der Waals surface area contributed by atoms with Crippen molar-refractivity contribution < 1.29 is 9.90 Å². The molecule has 1 aromatic carbocycles. The molecular formula is C19H27NO2. The molecule has 0 saturated heterocycles. The molecule has 0 spiro atoms. The third-order valence-corrected chi connectivity index (χ3v) is 5.14. The summed E-state index contributed by atoms with van der Waals surface area (Å²) in [5.41, 5.74) is 2.62. The number of amides is 1. The zero-order valence-electron chi connectivity index (χ0n) is 13.8. The van der Waals surface area contributed by atoms with Crippen molar-refractivity contribution in [2.75, 3.05) is 13.6 Å². The first-order chi connectivity index (χ1) is 10.5. The van der Waals surface area contributed by atoms with E-state index in [0.717, 1.165) is 19.3 Å². The Balaban J connectivity index is 1.55. The predicted molar refractivity (Wildman–Crippen MR) is 87.7 cm³/mol. The Morgan fingerprint density at radius 3 is 2.45 bits per heavy atom. The molecule has 0 heterocycles. The minimum absolute atomic E-state index is 0.112. The fraction of sp³-hybridized carbons (Fsp3) is 0.632. The Labute approximate surface area is 133 Å². The molecule has 3 nitrogen and oxygen atoms in total. The summed E-state index contributed by atoms with van der Waals surface area (Å²) >= 11 is 0. The van der Waals surface area contributed by atoms with Crippen molar-refractivity contribution in [2.45, 2.75) is 51.0 Å². The van der Waals surface area contributed by atoms with Crippen molar-refractivity contribution in [3.8, 4) is 0 Å². The highest BCUT2D eigenvalue weighted by atomic mass is 16.3. The minimum atomic E-state index is -0.337. The van der Waals surface area contributed by atoms with Crippen molar-refractivity contribution in [3.63, 3.8) is 0 Å². The van der Waals surface area contributed by atoms with Gasteiger partial charge in [-0.25, -0.2) is 0 Å². The zero-order chi connectivity index (χ0) is 15.9. The zero-order valence-corrected chi connectivity index (χ0v) is 13.8. The van der Waals surface area contributed by atoms with E-state index in [0.29, 0.717) is 24.3 Å². The molecule has 2 aliphatic rings. The number of carbonyl (C=O) groups excluding carboxylic acids is 1. The van der Waals surface area contributed by atoms with Crippen LogP contribution in [0.5, 0.6) is 0 Å². The molecule has 2 aliphatic carbocycles. The van der Waals surface area contributed by atoms with Gasteiger partial charge in [0, 0.05) is 19.5 Å². The SMILES string of the molecule is CC(C)c1ccc(C2CC2C(=O)N(C)CC(O)C2CC2)cc1. The van der Waals surface area contributed by atoms with E-state index in [2.05, 4.69) is 38.1 Å². The van der Waals surface area contributed by atoms with E-state index in [1.165, 1.54) is 11.1 Å². The molecule has 3 rings (SSSR count). The summed E-state index contributed by atoms with van der Waals surface area (Å²) in [5.74, 6) is 1.64. The van der Waals surface area contributed by atoms with Crippen molar-refractivity contribution in [1.29, 1.82) is 0 Å². The Bertz CT molecular complexity index is 533. The molecule has 0 aliphatic heterocycles. The van der Waals surface area contributed by atoms with Crippen LogP contribution in [0.4, 0.5) is 0 Å². The normalized spacial score (nSPS) is 25.1. The number of aliphatic hydroxyl groups excluding tert-OH is 1. The van der Waals surface area contributed by atoms with Crippen LogP contribution in [-0.4, -0.2) is 35.6 Å². The standard InChI is InChI=1S/C19H27NO2/c1-12(2)13-4-6-14(7-5-13)16-10-17(16)19(22)20(3)11-18(21)15-8-9-15/h4-7,12,15-18,21H,8-11H2,1-3H3. The Morgan fingerprint density at radius 1 is 1.27 bits per heavy atom. The number of hydrogen-bond acceptors (Lipinski definition) is 2. The van der Waals surface area contributed by atoms with Gasteiger partial charge in [0.15, 0.2) is 0 Å². The monoisotopic (exact) mass is 301 g/mol. The Morgan fingerprint density at radius 2 is 1.91 bits per heavy atom. The van der Waals surface area contributed by atoms with Gasteiger partial charge in [0.25, 0.3) is 0 Å². The highest BCUT2D eigenvalue weighted by Gasteiger charge is 2.45. The summed E-state index contributed by atoms with van der Waals surface area (Å²) < 4.78 is 0. The van der Waals surface area contributed by atoms with Crippen molar-refractivity contribution in [2.24, 2.45) is 11.8 Å². The maximum atomic E-state index is 12.5. The van der Waals surface area contributed by atoms with Crippen LogP contribution in [0.15, 0.2) is 24.3 Å². The molecule has 0 radical (unpaired) electrons. The summed E-state index contributed by atoms with van der Waals surface area (Å²) in [6, 6.07) is 8.71. The maximum Gasteiger partial charge on any atom is 0.226 e. The van der Waals surface area contributed by atoms with E-state index in [1.807, 2.05) is 7.05 Å². The summed E-state index contributed by atoms with van der Waals surface area (Å²) in [6.45, 7) is 4.87. The highest BCUT2D eigenvalue weighted by Crippen LogP contribution is 2.48. The first-order valence-corrected chi connectivity index (χ1v) is 8.50. The van der Waals surface area contributed by atoms with Gasteiger partial charge in [-0.05, 0) is 48.1 Å². The maximum absolute atomic E-state index is 12.5. The van der Waals surface area contributed by atoms with E-state index in [-0.39, 0.29) is 17.9 Å². The molecule has 0 bridgehead atoms. The second-order valence-corrected chi connectivity index (χ2v) is 7.39. The summed E-state index contributed by atoms with van der Waals surface area (Å²) in [4.78, 5) is 14.2. The minimum Gasteiger partial charge on any atom is -0.391 e. The molecule has 1 aromatic rings. The molecule has 2 fully saturated rings. The topological polar surface area (TPSA) is 40.5 Å². The molecule has 1 N–H and O–H groups in total. The second kappa shape index (κ2) is 6.04. The number of aliphatic hydroxyl groups is 1. The molecule has 3 heteroatoms. The lowest BCUT2D eigenvalue weighted by atomic mass is 10.00. The fourth-order valence-electron chi connectivity index (χ4n) is 3.25. The fourth-order valence-corrected chi connectivity index (χ4v) is 3.25. The van der Waals surface area contributed by atoms with Crippen LogP contribution in [0, 0.1) is 11.8 Å². The molecule has 1 amide bonds. The number of nitrogens with zero attached hydrogens (tertiary/aromatic N) is 1. The van der Waals surface area contributed by atoms with Crippen molar-refractivity contribution in [1.82, 2.24) is 4.90 Å². The number of hydrogen-bond donors (Lipinski definition) is 1. The third kappa shape index (κ3) is 3.35. The van der Waals surface area contributed by atoms with E-state index in [4.69, 9.17) is 0 Å². The predicted octanol–water partition coefficient (Wildman–Crippen LogP) is 3.14. The van der Waals surface area contributed by atoms with Gasteiger partial charge in [-0.2, -0.15) is 0 Å². The lowest BCUT2D eigenvalue weighted by Crippen LogP contribution is -2.36. The number of benzene rings is 1. The number of likely N-dealkylation sites (N-methyl/N-ethyl adjacent to an activating group) is 1. The van der Waals surface area contributed by atoms with Crippen molar-refractivity contribution in [3.05, 3.63) is 35.4 Å². The number of rotatable bonds is 6. The average Bonchev–Trinajstić information content (AvgIpc) is 3.39. The first kappa shape index (κ1) is 15.5. The Hall–Kier alpha value is -1.35. The van der Waals surface area contributed by atoms with Gasteiger partial charge in [0.1, 0.15) is 0 Å². The average molecular weight is 301 g/mol. The summed E-state index contributed by atoms with van der Waals surface area (Å²) in [5, 5.41) is 9.98. The van der Waals surface area contributed by atoms with Crippen LogP contribution in [0.3, 0.4) is 0 Å². The first-order valence-electron chi connectivity index (χ1n) is 8.50. The molecule has 22 heavy (non-hydrogen) atoms. The molecule has 3 unspecified atom stereocenters. The van der Waals surface area contributed by atoms with E-state index in [1.54, 1.807) is 4.90 Å². The van der Waals surface area contributed by atoms with Gasteiger partial charge in [-0.1, -0.05) is 38.1 Å². The third-order valence-electron chi connectivity index (χ3n) is 5.14. The van der Waals surface area contributed by atoms with Crippen LogP contribution in [-0.2, 0) is 4.79 Å². The van der Waals surface area contributed by atoms with Crippen LogP contribution < -0.4 is 0 Å². The molecule has 120 valence electrons.